The first-order valence-corrected chi connectivity index (χ1v) is 8.41. The Bertz CT molecular complexity index is 711. The molecule has 0 radical (unpaired) electrons. The Hall–Kier alpha value is -2.24. The molecule has 120 valence electrons. The molecule has 4 heterocycles. The van der Waals surface area contributed by atoms with Gasteiger partial charge in [0.15, 0.2) is 0 Å². The van der Waals surface area contributed by atoms with Crippen molar-refractivity contribution in [3.8, 4) is 0 Å². The number of hydrogen-bond acceptors (Lipinski definition) is 4. The first kappa shape index (κ1) is 14.4. The van der Waals surface area contributed by atoms with Gasteiger partial charge in [0.2, 0.25) is 0 Å². The molecule has 0 saturated carbocycles. The van der Waals surface area contributed by atoms with E-state index in [1.165, 1.54) is 0 Å². The van der Waals surface area contributed by atoms with Crippen molar-refractivity contribution in [2.45, 2.75) is 57.7 Å². The maximum absolute atomic E-state index is 12.9. The Morgan fingerprint density at radius 2 is 2.00 bits per heavy atom. The summed E-state index contributed by atoms with van der Waals surface area (Å²) in [7, 11) is 0. The number of fused-ring (bicyclic) bond motifs is 3. The Labute approximate surface area is 135 Å². The van der Waals surface area contributed by atoms with Crippen LogP contribution in [0.25, 0.3) is 0 Å². The third kappa shape index (κ3) is 2.42. The van der Waals surface area contributed by atoms with Crippen molar-refractivity contribution >= 4 is 5.91 Å². The molecule has 2 bridgehead atoms. The molecule has 2 aromatic rings. The van der Waals surface area contributed by atoms with Gasteiger partial charge in [-0.2, -0.15) is 0 Å². The summed E-state index contributed by atoms with van der Waals surface area (Å²) in [6.45, 7) is 2.98. The topological polar surface area (TPSA) is 63.9 Å². The van der Waals surface area contributed by atoms with E-state index in [9.17, 15) is 4.79 Å². The van der Waals surface area contributed by atoms with Gasteiger partial charge in [-0.25, -0.2) is 0 Å². The smallest absolute Gasteiger partial charge is 0.254 e. The van der Waals surface area contributed by atoms with Gasteiger partial charge < -0.3 is 9.47 Å². The fourth-order valence-corrected chi connectivity index (χ4v) is 3.88. The zero-order valence-electron chi connectivity index (χ0n) is 13.4. The minimum absolute atomic E-state index is 0.121. The minimum Gasteiger partial charge on any atom is -0.330 e. The molecule has 1 fully saturated rings. The van der Waals surface area contributed by atoms with E-state index in [1.807, 2.05) is 0 Å². The van der Waals surface area contributed by atoms with Crippen LogP contribution in [0.5, 0.6) is 0 Å². The van der Waals surface area contributed by atoms with Crippen LogP contribution in [-0.4, -0.2) is 42.6 Å². The summed E-state index contributed by atoms with van der Waals surface area (Å²) in [5, 5.41) is 8.74. The molecule has 2 aliphatic heterocycles. The Kier molecular flexibility index (Phi) is 3.59. The molecular weight excluding hydrogens is 290 g/mol. The van der Waals surface area contributed by atoms with E-state index in [0.29, 0.717) is 0 Å². The Balaban J connectivity index is 1.64. The molecule has 23 heavy (non-hydrogen) atoms. The molecular formula is C17H21N5O. The van der Waals surface area contributed by atoms with E-state index in [-0.39, 0.29) is 18.0 Å². The summed E-state index contributed by atoms with van der Waals surface area (Å²) >= 11 is 0. The zero-order chi connectivity index (χ0) is 15.8. The lowest BCUT2D eigenvalue weighted by molar-refractivity contribution is 0.0665. The fraction of sp³-hybridized carbons (Fsp3) is 0.529. The van der Waals surface area contributed by atoms with E-state index >= 15 is 0 Å². The van der Waals surface area contributed by atoms with E-state index in [1.54, 1.807) is 24.5 Å². The predicted octanol–water partition coefficient (Wildman–Crippen LogP) is 1.86. The van der Waals surface area contributed by atoms with Crippen molar-refractivity contribution in [3.63, 3.8) is 0 Å². The molecule has 1 amide bonds. The van der Waals surface area contributed by atoms with Gasteiger partial charge in [-0.05, 0) is 31.4 Å². The molecule has 0 aromatic carbocycles. The highest BCUT2D eigenvalue weighted by Gasteiger charge is 2.41. The minimum atomic E-state index is 0.121. The van der Waals surface area contributed by atoms with Crippen molar-refractivity contribution < 1.29 is 4.79 Å². The number of carbonyl (C=O) groups excluding carboxylic acids is 1. The standard InChI is InChI=1S/C17H21N5O/c1-2-3-15-19-20-16-10-13-4-5-14(11-21(15)16)22(13)17(23)12-6-8-18-9-7-12/h6-9,13-14H,2-5,10-11H2,1H3. The second-order valence-corrected chi connectivity index (χ2v) is 6.43. The van der Waals surface area contributed by atoms with Gasteiger partial charge >= 0.3 is 0 Å². The van der Waals surface area contributed by atoms with Gasteiger partial charge in [0.25, 0.3) is 5.91 Å². The SMILES string of the molecule is CCCc1nnc2n1CC1CCC(C2)N1C(=O)c1ccncc1. The molecule has 2 atom stereocenters. The van der Waals surface area contributed by atoms with Crippen molar-refractivity contribution in [2.75, 3.05) is 0 Å². The van der Waals surface area contributed by atoms with E-state index in [2.05, 4.69) is 31.6 Å². The molecule has 2 unspecified atom stereocenters. The van der Waals surface area contributed by atoms with Gasteiger partial charge in [-0.3, -0.25) is 9.78 Å². The first-order chi connectivity index (χ1) is 11.3. The molecule has 0 spiro atoms. The van der Waals surface area contributed by atoms with Gasteiger partial charge in [0.1, 0.15) is 11.6 Å². The lowest BCUT2D eigenvalue weighted by Gasteiger charge is -2.28. The summed E-state index contributed by atoms with van der Waals surface area (Å²) in [6.07, 6.45) is 8.29. The van der Waals surface area contributed by atoms with Crippen LogP contribution in [0.4, 0.5) is 0 Å². The van der Waals surface area contributed by atoms with E-state index in [0.717, 1.165) is 55.9 Å². The lowest BCUT2D eigenvalue weighted by atomic mass is 10.1. The molecule has 2 aliphatic rings. The molecule has 0 N–H and O–H groups in total. The van der Waals surface area contributed by atoms with Crippen LogP contribution in [0.3, 0.4) is 0 Å². The maximum atomic E-state index is 12.9. The van der Waals surface area contributed by atoms with Crippen LogP contribution in [0, 0.1) is 0 Å². The van der Waals surface area contributed by atoms with E-state index in [4.69, 9.17) is 0 Å². The lowest BCUT2D eigenvalue weighted by Crippen LogP contribution is -2.42. The number of amides is 1. The monoisotopic (exact) mass is 311 g/mol. The van der Waals surface area contributed by atoms with Crippen molar-refractivity contribution in [1.29, 1.82) is 0 Å². The van der Waals surface area contributed by atoms with Crippen LogP contribution >= 0.6 is 0 Å². The van der Waals surface area contributed by atoms with Crippen molar-refractivity contribution in [2.24, 2.45) is 0 Å². The van der Waals surface area contributed by atoms with Crippen LogP contribution in [0.1, 0.15) is 48.2 Å². The Morgan fingerprint density at radius 1 is 1.22 bits per heavy atom. The number of aromatic nitrogens is 4. The molecule has 4 rings (SSSR count). The van der Waals surface area contributed by atoms with Crippen molar-refractivity contribution in [1.82, 2.24) is 24.6 Å². The van der Waals surface area contributed by atoms with Gasteiger partial charge in [-0.1, -0.05) is 6.92 Å². The van der Waals surface area contributed by atoms with Gasteiger partial charge in [0, 0.05) is 43.4 Å². The van der Waals surface area contributed by atoms with Crippen LogP contribution < -0.4 is 0 Å². The highest BCUT2D eigenvalue weighted by atomic mass is 16.2. The fourth-order valence-electron chi connectivity index (χ4n) is 3.88. The molecule has 2 aromatic heterocycles. The van der Waals surface area contributed by atoms with Gasteiger partial charge in [-0.15, -0.1) is 10.2 Å². The number of nitrogens with zero attached hydrogens (tertiary/aromatic N) is 5. The zero-order valence-corrected chi connectivity index (χ0v) is 13.4. The third-order valence-electron chi connectivity index (χ3n) is 4.97. The second-order valence-electron chi connectivity index (χ2n) is 6.43. The Morgan fingerprint density at radius 3 is 2.78 bits per heavy atom. The molecule has 0 aliphatic carbocycles. The summed E-state index contributed by atoms with van der Waals surface area (Å²) in [4.78, 5) is 19.0. The molecule has 6 nitrogen and oxygen atoms in total. The summed E-state index contributed by atoms with van der Waals surface area (Å²) < 4.78 is 2.25. The normalized spacial score (nSPS) is 22.7. The highest BCUT2D eigenvalue weighted by Crippen LogP contribution is 2.32. The average molecular weight is 311 g/mol. The highest BCUT2D eigenvalue weighted by molar-refractivity contribution is 5.94. The summed E-state index contributed by atoms with van der Waals surface area (Å²) in [5.74, 6) is 2.22. The summed E-state index contributed by atoms with van der Waals surface area (Å²) in [6, 6.07) is 4.08. The quantitative estimate of drug-likeness (QED) is 0.868. The number of rotatable bonds is 3. The van der Waals surface area contributed by atoms with E-state index < -0.39 is 0 Å². The number of aryl methyl sites for hydroxylation is 1. The largest absolute Gasteiger partial charge is 0.330 e. The third-order valence-corrected chi connectivity index (χ3v) is 4.97. The number of hydrogen-bond donors (Lipinski definition) is 0. The van der Waals surface area contributed by atoms with Gasteiger partial charge in [0.05, 0.1) is 6.04 Å². The van der Waals surface area contributed by atoms with Crippen molar-refractivity contribution in [3.05, 3.63) is 41.7 Å². The van der Waals surface area contributed by atoms with Crippen LogP contribution in [0.15, 0.2) is 24.5 Å². The molecule has 1 saturated heterocycles. The maximum Gasteiger partial charge on any atom is 0.254 e. The van der Waals surface area contributed by atoms with Crippen LogP contribution in [0.2, 0.25) is 0 Å². The van der Waals surface area contributed by atoms with Crippen LogP contribution in [-0.2, 0) is 19.4 Å². The average Bonchev–Trinajstić information content (AvgIpc) is 3.08. The first-order valence-electron chi connectivity index (χ1n) is 8.41. The summed E-state index contributed by atoms with van der Waals surface area (Å²) in [5.41, 5.74) is 0.725. The second kappa shape index (κ2) is 5.76. The number of carbonyl (C=O) groups is 1. The number of pyridine rings is 1. The predicted molar refractivity (Wildman–Crippen MR) is 84.9 cm³/mol. The molecule has 6 heteroatoms.